The van der Waals surface area contributed by atoms with Gasteiger partial charge in [0.1, 0.15) is 17.2 Å². The average molecular weight is 371 g/mol. The lowest BCUT2D eigenvalue weighted by molar-refractivity contribution is -0.113. The normalized spacial score (nSPS) is 15.5. The van der Waals surface area contributed by atoms with Gasteiger partial charge in [-0.1, -0.05) is 18.2 Å². The van der Waals surface area contributed by atoms with E-state index in [1.165, 1.54) is 14.2 Å². The SMILES string of the molecule is COc1cc(OC)c(/C=C2\SC(=O)N(c3ccccc3)C2=O)c(OC)c1. The van der Waals surface area contributed by atoms with Crippen LogP contribution in [0.2, 0.25) is 0 Å². The Morgan fingerprint density at radius 3 is 2.08 bits per heavy atom. The molecule has 0 aliphatic carbocycles. The van der Waals surface area contributed by atoms with Crippen molar-refractivity contribution >= 4 is 34.7 Å². The second-order valence-corrected chi connectivity index (χ2v) is 6.29. The van der Waals surface area contributed by atoms with E-state index in [4.69, 9.17) is 14.2 Å². The Hall–Kier alpha value is -2.93. The van der Waals surface area contributed by atoms with E-state index < -0.39 is 0 Å². The van der Waals surface area contributed by atoms with Crippen LogP contribution in [0, 0.1) is 0 Å². The average Bonchev–Trinajstić information content (AvgIpc) is 2.95. The van der Waals surface area contributed by atoms with Crippen LogP contribution in [0.5, 0.6) is 17.2 Å². The molecular formula is C19H17NO5S. The van der Waals surface area contributed by atoms with Crippen LogP contribution in [0.25, 0.3) is 6.08 Å². The number of hydrogen-bond donors (Lipinski definition) is 0. The second kappa shape index (κ2) is 7.53. The maximum absolute atomic E-state index is 12.8. The maximum Gasteiger partial charge on any atom is 0.298 e. The van der Waals surface area contributed by atoms with Gasteiger partial charge in [0.25, 0.3) is 11.1 Å². The van der Waals surface area contributed by atoms with Gasteiger partial charge in [0.15, 0.2) is 0 Å². The minimum Gasteiger partial charge on any atom is -0.496 e. The van der Waals surface area contributed by atoms with Crippen molar-refractivity contribution < 1.29 is 23.8 Å². The Morgan fingerprint density at radius 2 is 1.54 bits per heavy atom. The predicted octanol–water partition coefficient (Wildman–Crippen LogP) is 3.95. The van der Waals surface area contributed by atoms with E-state index in [-0.39, 0.29) is 11.1 Å². The van der Waals surface area contributed by atoms with Gasteiger partial charge >= 0.3 is 0 Å². The van der Waals surface area contributed by atoms with Gasteiger partial charge in [-0.15, -0.1) is 0 Å². The molecule has 1 aliphatic heterocycles. The summed E-state index contributed by atoms with van der Waals surface area (Å²) in [6, 6.07) is 12.2. The highest BCUT2D eigenvalue weighted by Crippen LogP contribution is 2.40. The number of methoxy groups -OCH3 is 3. The quantitative estimate of drug-likeness (QED) is 0.742. The van der Waals surface area contributed by atoms with Crippen LogP contribution >= 0.6 is 11.8 Å². The molecule has 0 atom stereocenters. The molecule has 0 unspecified atom stereocenters. The number of carbonyl (C=O) groups is 2. The summed E-state index contributed by atoms with van der Waals surface area (Å²) in [6.45, 7) is 0. The number of imide groups is 1. The van der Waals surface area contributed by atoms with E-state index in [1.54, 1.807) is 49.6 Å². The summed E-state index contributed by atoms with van der Waals surface area (Å²) in [5.74, 6) is 1.14. The zero-order chi connectivity index (χ0) is 18.7. The van der Waals surface area contributed by atoms with Crippen LogP contribution in [0.15, 0.2) is 47.4 Å². The number of carbonyl (C=O) groups excluding carboxylic acids is 2. The molecule has 134 valence electrons. The van der Waals surface area contributed by atoms with E-state index >= 15 is 0 Å². The molecule has 2 aromatic carbocycles. The number of ether oxygens (including phenoxy) is 3. The Balaban J connectivity index is 2.03. The largest absolute Gasteiger partial charge is 0.496 e. The minimum absolute atomic E-state index is 0.292. The minimum atomic E-state index is -0.383. The molecule has 26 heavy (non-hydrogen) atoms. The Labute approximate surface area is 155 Å². The highest BCUT2D eigenvalue weighted by molar-refractivity contribution is 8.19. The number of para-hydroxylation sites is 1. The molecule has 1 fully saturated rings. The second-order valence-electron chi connectivity index (χ2n) is 5.30. The van der Waals surface area contributed by atoms with E-state index in [0.29, 0.717) is 33.4 Å². The summed E-state index contributed by atoms with van der Waals surface area (Å²) in [7, 11) is 4.57. The number of thioether (sulfide) groups is 1. The molecule has 6 nitrogen and oxygen atoms in total. The summed E-state index contributed by atoms with van der Waals surface area (Å²) >= 11 is 0.876. The fourth-order valence-electron chi connectivity index (χ4n) is 2.57. The zero-order valence-electron chi connectivity index (χ0n) is 14.5. The highest BCUT2D eigenvalue weighted by Gasteiger charge is 2.36. The van der Waals surface area contributed by atoms with Crippen LogP contribution in [0.3, 0.4) is 0 Å². The lowest BCUT2D eigenvalue weighted by Crippen LogP contribution is -2.27. The van der Waals surface area contributed by atoms with Gasteiger partial charge < -0.3 is 14.2 Å². The molecule has 3 rings (SSSR count). The third-order valence-corrected chi connectivity index (χ3v) is 4.71. The first-order chi connectivity index (χ1) is 12.6. The molecule has 1 saturated heterocycles. The van der Waals surface area contributed by atoms with Crippen LogP contribution in [0.4, 0.5) is 10.5 Å². The topological polar surface area (TPSA) is 65.1 Å². The van der Waals surface area contributed by atoms with Crippen LogP contribution in [0.1, 0.15) is 5.56 Å². The molecule has 0 spiro atoms. The Kier molecular flexibility index (Phi) is 5.18. The third kappa shape index (κ3) is 3.25. The van der Waals surface area contributed by atoms with Crippen LogP contribution < -0.4 is 19.1 Å². The number of nitrogens with zero attached hydrogens (tertiary/aromatic N) is 1. The van der Waals surface area contributed by atoms with Gasteiger partial charge in [0, 0.05) is 12.1 Å². The van der Waals surface area contributed by atoms with Gasteiger partial charge in [-0.25, -0.2) is 4.90 Å². The van der Waals surface area contributed by atoms with Crippen molar-refractivity contribution in [3.8, 4) is 17.2 Å². The van der Waals surface area contributed by atoms with E-state index in [1.807, 2.05) is 6.07 Å². The summed E-state index contributed by atoms with van der Waals surface area (Å²) in [4.78, 5) is 26.5. The molecule has 2 aromatic rings. The molecule has 1 aliphatic rings. The number of rotatable bonds is 5. The number of amides is 2. The number of benzene rings is 2. The van der Waals surface area contributed by atoms with Crippen molar-refractivity contribution in [2.45, 2.75) is 0 Å². The predicted molar refractivity (Wildman–Crippen MR) is 101 cm³/mol. The molecule has 1 heterocycles. The smallest absolute Gasteiger partial charge is 0.298 e. The summed E-state index contributed by atoms with van der Waals surface area (Å²) < 4.78 is 16.0. The van der Waals surface area contributed by atoms with Crippen molar-refractivity contribution in [3.05, 3.63) is 52.9 Å². The Bertz CT molecular complexity index is 854. The van der Waals surface area contributed by atoms with Crippen LogP contribution in [-0.2, 0) is 4.79 Å². The first-order valence-electron chi connectivity index (χ1n) is 7.72. The number of anilines is 1. The van der Waals surface area contributed by atoms with E-state index in [0.717, 1.165) is 16.7 Å². The molecule has 0 N–H and O–H groups in total. The van der Waals surface area contributed by atoms with Crippen LogP contribution in [-0.4, -0.2) is 32.5 Å². The third-order valence-electron chi connectivity index (χ3n) is 3.84. The zero-order valence-corrected chi connectivity index (χ0v) is 15.3. The van der Waals surface area contributed by atoms with Crippen molar-refractivity contribution in [2.75, 3.05) is 26.2 Å². The van der Waals surface area contributed by atoms with Crippen molar-refractivity contribution in [1.82, 2.24) is 0 Å². The maximum atomic E-state index is 12.8. The fraction of sp³-hybridized carbons (Fsp3) is 0.158. The summed E-state index contributed by atoms with van der Waals surface area (Å²) in [5, 5.41) is -0.348. The standard InChI is InChI=1S/C19H17NO5S/c1-23-13-9-15(24-2)14(16(10-13)25-3)11-17-18(21)20(19(22)26-17)12-7-5-4-6-8-12/h4-11H,1-3H3/b17-11-. The fourth-order valence-corrected chi connectivity index (χ4v) is 3.40. The molecule has 0 radical (unpaired) electrons. The molecule has 2 amide bonds. The number of hydrogen-bond acceptors (Lipinski definition) is 6. The summed E-state index contributed by atoms with van der Waals surface area (Å²) in [5.41, 5.74) is 1.10. The van der Waals surface area contributed by atoms with Gasteiger partial charge in [0.2, 0.25) is 0 Å². The van der Waals surface area contributed by atoms with Gasteiger partial charge in [-0.3, -0.25) is 9.59 Å². The Morgan fingerprint density at radius 1 is 0.923 bits per heavy atom. The van der Waals surface area contributed by atoms with Crippen molar-refractivity contribution in [3.63, 3.8) is 0 Å². The molecule has 0 aromatic heterocycles. The molecular weight excluding hydrogens is 354 g/mol. The molecule has 0 bridgehead atoms. The molecule has 0 saturated carbocycles. The lowest BCUT2D eigenvalue weighted by atomic mass is 10.1. The lowest BCUT2D eigenvalue weighted by Gasteiger charge is -2.13. The summed E-state index contributed by atoms with van der Waals surface area (Å²) in [6.07, 6.45) is 1.60. The first kappa shape index (κ1) is 17.9. The molecule has 7 heteroatoms. The van der Waals surface area contributed by atoms with Crippen molar-refractivity contribution in [2.24, 2.45) is 0 Å². The monoisotopic (exact) mass is 371 g/mol. The van der Waals surface area contributed by atoms with Gasteiger partial charge in [0.05, 0.1) is 37.5 Å². The van der Waals surface area contributed by atoms with Gasteiger partial charge in [-0.2, -0.15) is 0 Å². The first-order valence-corrected chi connectivity index (χ1v) is 8.53. The van der Waals surface area contributed by atoms with E-state index in [2.05, 4.69) is 0 Å². The van der Waals surface area contributed by atoms with Crippen molar-refractivity contribution in [1.29, 1.82) is 0 Å². The van der Waals surface area contributed by atoms with E-state index in [9.17, 15) is 9.59 Å². The highest BCUT2D eigenvalue weighted by atomic mass is 32.2. The van der Waals surface area contributed by atoms with Gasteiger partial charge in [-0.05, 0) is 30.0 Å².